The van der Waals surface area contributed by atoms with Crippen molar-refractivity contribution in [2.75, 3.05) is 5.32 Å². The lowest BCUT2D eigenvalue weighted by Gasteiger charge is -2.14. The molecule has 0 saturated heterocycles. The van der Waals surface area contributed by atoms with Crippen LogP contribution in [0.5, 0.6) is 11.5 Å². The quantitative estimate of drug-likeness (QED) is 0.368. The number of fused-ring (bicyclic) bond motifs is 1. The number of nitrogens with zero attached hydrogens (tertiary/aromatic N) is 3. The molecule has 0 spiro atoms. The van der Waals surface area contributed by atoms with Crippen molar-refractivity contribution < 1.29 is 14.3 Å². The van der Waals surface area contributed by atoms with Gasteiger partial charge in [0.1, 0.15) is 23.0 Å². The number of carbonyl (C=O) groups excluding carboxylic acids is 2. The van der Waals surface area contributed by atoms with Gasteiger partial charge in [0.15, 0.2) is 0 Å². The first-order chi connectivity index (χ1) is 18.0. The first kappa shape index (κ1) is 24.0. The molecule has 5 rings (SSSR count). The molecule has 0 aliphatic heterocycles. The highest BCUT2D eigenvalue weighted by Crippen LogP contribution is 2.28. The van der Waals surface area contributed by atoms with E-state index in [1.165, 1.54) is 0 Å². The molecule has 1 unspecified atom stereocenters. The van der Waals surface area contributed by atoms with Gasteiger partial charge in [-0.1, -0.05) is 37.3 Å². The molecular formula is C29H27N5O3. The standard InChI is InChI=1S/C29H27N5O3/c1-19-6-9-22(10-7-19)28(35)33-26-16-23(12-13-30-26)37-25-5-3-4-24(20(25)2)29(36)32-17-21-8-11-27-31-14-15-34(27)18-21/h3-6,8-16,18-19H,7,17H2,1-2H3,(H,32,36)(H,30,33,35). The van der Waals surface area contributed by atoms with Gasteiger partial charge in [0, 0.05) is 54.1 Å². The zero-order valence-electron chi connectivity index (χ0n) is 20.6. The van der Waals surface area contributed by atoms with E-state index in [4.69, 9.17) is 4.74 Å². The Bertz CT molecular complexity index is 1540. The molecule has 8 nitrogen and oxygen atoms in total. The molecule has 8 heteroatoms. The Morgan fingerprint density at radius 3 is 2.84 bits per heavy atom. The van der Waals surface area contributed by atoms with Gasteiger partial charge < -0.3 is 19.8 Å². The van der Waals surface area contributed by atoms with Crippen LogP contribution in [-0.2, 0) is 11.3 Å². The van der Waals surface area contributed by atoms with Gasteiger partial charge in [-0.2, -0.15) is 0 Å². The van der Waals surface area contributed by atoms with Crippen LogP contribution < -0.4 is 15.4 Å². The molecule has 2 amide bonds. The maximum absolute atomic E-state index is 12.9. The number of hydrogen-bond donors (Lipinski definition) is 2. The van der Waals surface area contributed by atoms with Gasteiger partial charge in [-0.25, -0.2) is 9.97 Å². The van der Waals surface area contributed by atoms with Crippen LogP contribution in [0.3, 0.4) is 0 Å². The van der Waals surface area contributed by atoms with Crippen LogP contribution in [0.1, 0.15) is 34.8 Å². The molecule has 2 N–H and O–H groups in total. The first-order valence-corrected chi connectivity index (χ1v) is 12.1. The van der Waals surface area contributed by atoms with E-state index in [0.29, 0.717) is 46.5 Å². The monoisotopic (exact) mass is 493 g/mol. The fourth-order valence-electron chi connectivity index (χ4n) is 4.07. The molecule has 0 radical (unpaired) electrons. The summed E-state index contributed by atoms with van der Waals surface area (Å²) in [6.07, 6.45) is 13.7. The third-order valence-corrected chi connectivity index (χ3v) is 6.21. The molecule has 3 aromatic heterocycles. The van der Waals surface area contributed by atoms with Gasteiger partial charge in [0.25, 0.3) is 11.8 Å². The van der Waals surface area contributed by atoms with Crippen LogP contribution in [0, 0.1) is 12.8 Å². The van der Waals surface area contributed by atoms with Crippen LogP contribution in [-0.4, -0.2) is 26.2 Å². The Morgan fingerprint density at radius 2 is 2.00 bits per heavy atom. The summed E-state index contributed by atoms with van der Waals surface area (Å²) in [6.45, 7) is 4.33. The van der Waals surface area contributed by atoms with Crippen LogP contribution in [0.4, 0.5) is 5.82 Å². The number of pyridine rings is 2. The zero-order valence-corrected chi connectivity index (χ0v) is 20.6. The minimum Gasteiger partial charge on any atom is -0.457 e. The molecule has 4 aromatic rings. The van der Waals surface area contributed by atoms with Gasteiger partial charge >= 0.3 is 0 Å². The van der Waals surface area contributed by atoms with E-state index >= 15 is 0 Å². The minimum atomic E-state index is -0.213. The van der Waals surface area contributed by atoms with E-state index in [2.05, 4.69) is 27.5 Å². The topological polar surface area (TPSA) is 97.6 Å². The van der Waals surface area contributed by atoms with Crippen molar-refractivity contribution in [1.82, 2.24) is 19.7 Å². The van der Waals surface area contributed by atoms with Crippen LogP contribution in [0.15, 0.2) is 91.1 Å². The molecule has 0 bridgehead atoms. The van der Waals surface area contributed by atoms with Crippen LogP contribution in [0.2, 0.25) is 0 Å². The SMILES string of the molecule is Cc1c(Oc2ccnc(NC(=O)C3=CCC(C)C=C3)c2)cccc1C(=O)NCc1ccc2nccn2c1. The Hall–Kier alpha value is -4.72. The van der Waals surface area contributed by atoms with Crippen molar-refractivity contribution >= 4 is 23.3 Å². The number of anilines is 1. The number of amides is 2. The molecule has 1 aromatic carbocycles. The van der Waals surface area contributed by atoms with Crippen molar-refractivity contribution in [3.8, 4) is 11.5 Å². The van der Waals surface area contributed by atoms with E-state index in [0.717, 1.165) is 17.6 Å². The van der Waals surface area contributed by atoms with E-state index in [1.54, 1.807) is 42.7 Å². The summed E-state index contributed by atoms with van der Waals surface area (Å²) in [5.74, 6) is 1.45. The Morgan fingerprint density at radius 1 is 1.11 bits per heavy atom. The second-order valence-corrected chi connectivity index (χ2v) is 9.01. The lowest BCUT2D eigenvalue weighted by Crippen LogP contribution is -2.23. The summed E-state index contributed by atoms with van der Waals surface area (Å²) in [5, 5.41) is 5.79. The Balaban J connectivity index is 1.25. The fraction of sp³-hybridized carbons (Fsp3) is 0.172. The number of hydrogen-bond acceptors (Lipinski definition) is 5. The summed E-state index contributed by atoms with van der Waals surface area (Å²) < 4.78 is 7.99. The highest BCUT2D eigenvalue weighted by molar-refractivity contribution is 6.05. The smallest absolute Gasteiger partial charge is 0.256 e. The maximum Gasteiger partial charge on any atom is 0.256 e. The number of rotatable bonds is 7. The largest absolute Gasteiger partial charge is 0.457 e. The second-order valence-electron chi connectivity index (χ2n) is 9.01. The number of allylic oxidation sites excluding steroid dienone is 2. The summed E-state index contributed by atoms with van der Waals surface area (Å²) in [5.41, 5.74) is 3.66. The molecular weight excluding hydrogens is 466 g/mol. The van der Waals surface area contributed by atoms with Crippen molar-refractivity contribution in [3.05, 3.63) is 108 Å². The van der Waals surface area contributed by atoms with Crippen LogP contribution >= 0.6 is 0 Å². The summed E-state index contributed by atoms with van der Waals surface area (Å²) in [7, 11) is 0. The highest BCUT2D eigenvalue weighted by Gasteiger charge is 2.15. The average Bonchev–Trinajstić information content (AvgIpc) is 3.37. The number of imidazole rings is 1. The van der Waals surface area contributed by atoms with Gasteiger partial charge in [-0.15, -0.1) is 0 Å². The number of benzene rings is 1. The van der Waals surface area contributed by atoms with E-state index in [1.807, 2.05) is 54.1 Å². The van der Waals surface area contributed by atoms with Crippen molar-refractivity contribution in [1.29, 1.82) is 0 Å². The normalized spacial score (nSPS) is 14.8. The number of carbonyl (C=O) groups is 2. The van der Waals surface area contributed by atoms with Gasteiger partial charge in [0.05, 0.1) is 0 Å². The summed E-state index contributed by atoms with van der Waals surface area (Å²) in [4.78, 5) is 34.0. The van der Waals surface area contributed by atoms with E-state index in [-0.39, 0.29) is 11.8 Å². The maximum atomic E-state index is 12.9. The van der Waals surface area contributed by atoms with Gasteiger partial charge in [0.2, 0.25) is 0 Å². The van der Waals surface area contributed by atoms with Gasteiger partial charge in [-0.05, 0) is 49.1 Å². The van der Waals surface area contributed by atoms with Gasteiger partial charge in [-0.3, -0.25) is 9.59 Å². The number of aromatic nitrogens is 3. The predicted octanol–water partition coefficient (Wildman–Crippen LogP) is 5.22. The highest BCUT2D eigenvalue weighted by atomic mass is 16.5. The third-order valence-electron chi connectivity index (χ3n) is 6.21. The first-order valence-electron chi connectivity index (χ1n) is 12.1. The predicted molar refractivity (Wildman–Crippen MR) is 141 cm³/mol. The lowest BCUT2D eigenvalue weighted by molar-refractivity contribution is -0.112. The van der Waals surface area contributed by atoms with E-state index < -0.39 is 0 Å². The molecule has 0 fully saturated rings. The third kappa shape index (κ3) is 5.59. The summed E-state index contributed by atoms with van der Waals surface area (Å²) >= 11 is 0. The molecule has 186 valence electrons. The number of ether oxygens (including phenoxy) is 1. The molecule has 1 atom stereocenters. The van der Waals surface area contributed by atoms with Crippen molar-refractivity contribution in [3.63, 3.8) is 0 Å². The zero-order chi connectivity index (χ0) is 25.8. The molecule has 37 heavy (non-hydrogen) atoms. The minimum absolute atomic E-state index is 0.195. The molecule has 1 aliphatic carbocycles. The lowest BCUT2D eigenvalue weighted by atomic mass is 9.98. The Labute approximate surface area is 214 Å². The molecule has 3 heterocycles. The van der Waals surface area contributed by atoms with Crippen molar-refractivity contribution in [2.24, 2.45) is 5.92 Å². The average molecular weight is 494 g/mol. The Kier molecular flexibility index (Phi) is 6.81. The van der Waals surface area contributed by atoms with E-state index in [9.17, 15) is 9.59 Å². The number of nitrogens with one attached hydrogen (secondary N) is 2. The summed E-state index contributed by atoms with van der Waals surface area (Å²) in [6, 6.07) is 12.6. The molecule has 0 saturated carbocycles. The van der Waals surface area contributed by atoms with Crippen LogP contribution in [0.25, 0.3) is 5.65 Å². The second kappa shape index (κ2) is 10.5. The fourth-order valence-corrected chi connectivity index (χ4v) is 4.07. The molecule has 1 aliphatic rings. The van der Waals surface area contributed by atoms with Crippen molar-refractivity contribution in [2.45, 2.75) is 26.8 Å².